The van der Waals surface area contributed by atoms with Gasteiger partial charge in [-0.3, -0.25) is 9.98 Å². The lowest BCUT2D eigenvalue weighted by atomic mass is 9.97. The summed E-state index contributed by atoms with van der Waals surface area (Å²) in [7, 11) is 0. The molecule has 4 aromatic rings. The predicted molar refractivity (Wildman–Crippen MR) is 162 cm³/mol. The van der Waals surface area contributed by atoms with Gasteiger partial charge in [0.25, 0.3) is 0 Å². The molecule has 1 aliphatic heterocycles. The maximum Gasteiger partial charge on any atom is 0.354 e. The van der Waals surface area contributed by atoms with E-state index in [9.17, 15) is 4.79 Å². The predicted octanol–water partition coefficient (Wildman–Crippen LogP) is 4.37. The van der Waals surface area contributed by atoms with Crippen molar-refractivity contribution < 1.29 is 4.39 Å². The summed E-state index contributed by atoms with van der Waals surface area (Å²) in [5.41, 5.74) is 14.8. The van der Waals surface area contributed by atoms with Gasteiger partial charge in [-0.1, -0.05) is 23.7 Å². The van der Waals surface area contributed by atoms with Crippen molar-refractivity contribution in [1.82, 2.24) is 25.2 Å². The molecule has 0 bridgehead atoms. The van der Waals surface area contributed by atoms with Gasteiger partial charge >= 0.3 is 5.69 Å². The van der Waals surface area contributed by atoms with Crippen LogP contribution in [0.1, 0.15) is 49.8 Å². The van der Waals surface area contributed by atoms with Gasteiger partial charge in [-0.25, -0.2) is 9.18 Å². The Kier molecular flexibility index (Phi) is 8.72. The summed E-state index contributed by atoms with van der Waals surface area (Å²) >= 11 is 6.24. The summed E-state index contributed by atoms with van der Waals surface area (Å²) in [5.74, 6) is -0.0205. The summed E-state index contributed by atoms with van der Waals surface area (Å²) in [6.07, 6.45) is 6.13. The van der Waals surface area contributed by atoms with E-state index in [2.05, 4.69) is 20.6 Å². The first-order chi connectivity index (χ1) is 19.7. The van der Waals surface area contributed by atoms with E-state index in [1.54, 1.807) is 24.4 Å². The number of fused-ring (bicyclic) bond motifs is 1. The van der Waals surface area contributed by atoms with E-state index in [1.807, 2.05) is 31.2 Å². The molecule has 0 amide bonds. The van der Waals surface area contributed by atoms with E-state index in [-0.39, 0.29) is 23.1 Å². The molecule has 0 aliphatic carbocycles. The number of benzene rings is 2. The SMILES string of the molecule is C[C@H](N)CCCc1cc(Cl)c(F)c(-c2cc3cn(-c4ccc([C@H]5CC(CCNC(=N)N)CN5)cc4)c(=O)nc3[nH]2)c1. The molecule has 41 heavy (non-hydrogen) atoms. The number of rotatable bonds is 10. The van der Waals surface area contributed by atoms with Gasteiger partial charge in [0.2, 0.25) is 0 Å². The van der Waals surface area contributed by atoms with Crippen LogP contribution in [-0.2, 0) is 6.42 Å². The van der Waals surface area contributed by atoms with Crippen molar-refractivity contribution in [3.63, 3.8) is 0 Å². The second kappa shape index (κ2) is 12.4. The lowest BCUT2D eigenvalue weighted by molar-refractivity contribution is 0.514. The Labute approximate surface area is 243 Å². The Morgan fingerprint density at radius 3 is 2.80 bits per heavy atom. The number of nitrogens with two attached hydrogens (primary N) is 2. The number of aryl methyl sites for hydroxylation is 1. The van der Waals surface area contributed by atoms with Crippen LogP contribution < -0.4 is 27.8 Å². The summed E-state index contributed by atoms with van der Waals surface area (Å²) in [5, 5.41) is 14.4. The molecule has 1 saturated heterocycles. The maximum atomic E-state index is 15.1. The molecule has 5 rings (SSSR count). The number of H-pyrrole nitrogens is 1. The molecule has 1 fully saturated rings. The summed E-state index contributed by atoms with van der Waals surface area (Å²) in [4.78, 5) is 20.3. The minimum absolute atomic E-state index is 0.00332. The van der Waals surface area contributed by atoms with E-state index < -0.39 is 11.5 Å². The van der Waals surface area contributed by atoms with Gasteiger partial charge in [0, 0.05) is 35.8 Å². The zero-order valence-electron chi connectivity index (χ0n) is 23.0. The Hall–Kier alpha value is -3.73. The number of hydrogen-bond donors (Lipinski definition) is 6. The van der Waals surface area contributed by atoms with E-state index >= 15 is 4.39 Å². The molecule has 1 unspecified atom stereocenters. The molecule has 2 aromatic heterocycles. The maximum absolute atomic E-state index is 15.1. The average molecular weight is 579 g/mol. The zero-order chi connectivity index (χ0) is 29.1. The van der Waals surface area contributed by atoms with Crippen molar-refractivity contribution in [3.8, 4) is 16.9 Å². The second-order valence-corrected chi connectivity index (χ2v) is 11.4. The highest BCUT2D eigenvalue weighted by atomic mass is 35.5. The molecule has 11 heteroatoms. The highest BCUT2D eigenvalue weighted by Gasteiger charge is 2.25. The van der Waals surface area contributed by atoms with Crippen molar-refractivity contribution in [2.45, 2.75) is 51.1 Å². The number of halogens is 2. The molecule has 3 atom stereocenters. The number of hydrogen-bond acceptors (Lipinski definition) is 5. The van der Waals surface area contributed by atoms with Crippen LogP contribution in [0.15, 0.2) is 53.5 Å². The number of guanidine groups is 1. The number of nitrogens with one attached hydrogen (secondary N) is 4. The van der Waals surface area contributed by atoms with Crippen molar-refractivity contribution >= 4 is 28.6 Å². The van der Waals surface area contributed by atoms with E-state index in [4.69, 9.17) is 28.5 Å². The van der Waals surface area contributed by atoms with Crippen LogP contribution in [0.25, 0.3) is 28.0 Å². The standard InChI is InChI=1S/C30H36ClFN8O/c1-17(33)3-2-4-18-11-23(27(32)24(31)12-18)26-14-21-16-40(30(41)39-28(21)38-26)22-7-5-20(6-8-22)25-13-19(15-37-25)9-10-36-29(34)35/h5-8,11-12,14,16-17,19,25,37H,2-4,9-10,13,15,33H2,1H3,(H4,34,35,36)(H,38,39,41)/t17-,19?,25+/m0/s1. The highest BCUT2D eigenvalue weighted by Crippen LogP contribution is 2.32. The lowest BCUT2D eigenvalue weighted by Gasteiger charge is -2.13. The molecule has 8 N–H and O–H groups in total. The Bertz CT molecular complexity index is 1600. The molecule has 216 valence electrons. The first-order valence-corrected chi connectivity index (χ1v) is 14.3. The molecule has 0 saturated carbocycles. The third-order valence-electron chi connectivity index (χ3n) is 7.67. The van der Waals surface area contributed by atoms with E-state index in [1.165, 1.54) is 4.57 Å². The van der Waals surface area contributed by atoms with Gasteiger partial charge in [-0.2, -0.15) is 4.98 Å². The minimum Gasteiger partial charge on any atom is -0.370 e. The quantitative estimate of drug-likeness (QED) is 0.121. The Morgan fingerprint density at radius 1 is 1.29 bits per heavy atom. The second-order valence-electron chi connectivity index (χ2n) is 11.0. The number of aromatic nitrogens is 3. The monoisotopic (exact) mass is 578 g/mol. The van der Waals surface area contributed by atoms with Crippen LogP contribution >= 0.6 is 11.6 Å². The van der Waals surface area contributed by atoms with Crippen LogP contribution in [0.2, 0.25) is 5.02 Å². The Morgan fingerprint density at radius 2 is 2.07 bits per heavy atom. The number of aromatic amines is 1. The summed E-state index contributed by atoms with van der Waals surface area (Å²) in [6.45, 7) is 3.56. The van der Waals surface area contributed by atoms with Gasteiger partial charge in [-0.05, 0) is 92.9 Å². The average Bonchev–Trinajstić information content (AvgIpc) is 3.57. The van der Waals surface area contributed by atoms with Crippen LogP contribution in [0.5, 0.6) is 0 Å². The van der Waals surface area contributed by atoms with Gasteiger partial charge in [0.15, 0.2) is 11.8 Å². The fourth-order valence-electron chi connectivity index (χ4n) is 5.50. The molecular formula is C30H36ClFN8O. The Balaban J connectivity index is 1.34. The molecule has 1 aliphatic rings. The van der Waals surface area contributed by atoms with Gasteiger partial charge < -0.3 is 27.1 Å². The van der Waals surface area contributed by atoms with Crippen molar-refractivity contribution in [3.05, 3.63) is 81.1 Å². The largest absolute Gasteiger partial charge is 0.370 e. The van der Waals surface area contributed by atoms with E-state index in [0.717, 1.165) is 49.8 Å². The third-order valence-corrected chi connectivity index (χ3v) is 7.95. The summed E-state index contributed by atoms with van der Waals surface area (Å²) in [6, 6.07) is 13.4. The first kappa shape index (κ1) is 28.8. The molecule has 0 spiro atoms. The molecule has 0 radical (unpaired) electrons. The molecule has 2 aromatic carbocycles. The fraction of sp³-hybridized carbons (Fsp3) is 0.367. The van der Waals surface area contributed by atoms with Crippen LogP contribution in [0.4, 0.5) is 4.39 Å². The smallest absolute Gasteiger partial charge is 0.354 e. The molecule has 9 nitrogen and oxygen atoms in total. The zero-order valence-corrected chi connectivity index (χ0v) is 23.8. The van der Waals surface area contributed by atoms with Gasteiger partial charge in [0.05, 0.1) is 16.4 Å². The summed E-state index contributed by atoms with van der Waals surface area (Å²) < 4.78 is 16.6. The highest BCUT2D eigenvalue weighted by molar-refractivity contribution is 6.31. The first-order valence-electron chi connectivity index (χ1n) is 14.0. The fourth-order valence-corrected chi connectivity index (χ4v) is 5.74. The van der Waals surface area contributed by atoms with Gasteiger partial charge in [-0.15, -0.1) is 0 Å². The van der Waals surface area contributed by atoms with Gasteiger partial charge in [0.1, 0.15) is 5.65 Å². The van der Waals surface area contributed by atoms with Crippen molar-refractivity contribution in [1.29, 1.82) is 5.41 Å². The van der Waals surface area contributed by atoms with Crippen molar-refractivity contribution in [2.75, 3.05) is 13.1 Å². The molecular weight excluding hydrogens is 543 g/mol. The van der Waals surface area contributed by atoms with Crippen molar-refractivity contribution in [2.24, 2.45) is 17.4 Å². The van der Waals surface area contributed by atoms with Crippen LogP contribution in [-0.4, -0.2) is 39.6 Å². The third kappa shape index (κ3) is 6.78. The normalized spacial score (nSPS) is 17.7. The molecule has 3 heterocycles. The van der Waals surface area contributed by atoms with E-state index in [0.29, 0.717) is 40.4 Å². The van der Waals surface area contributed by atoms with Crippen LogP contribution in [0, 0.1) is 17.1 Å². The minimum atomic E-state index is -0.516. The topological polar surface area (TPSA) is 151 Å². The number of nitrogens with zero attached hydrogens (tertiary/aromatic N) is 2. The van der Waals surface area contributed by atoms with Crippen LogP contribution in [0.3, 0.4) is 0 Å². The lowest BCUT2D eigenvalue weighted by Crippen LogP contribution is -2.32.